The largest absolute Gasteiger partial charge is 0.311 e. The van der Waals surface area contributed by atoms with Crippen molar-refractivity contribution >= 4 is 5.69 Å². The van der Waals surface area contributed by atoms with Gasteiger partial charge in [0.25, 0.3) is 0 Å². The molecule has 0 aromatic heterocycles. The highest BCUT2D eigenvalue weighted by Crippen LogP contribution is 2.24. The summed E-state index contributed by atoms with van der Waals surface area (Å²) >= 11 is 0. The van der Waals surface area contributed by atoms with Gasteiger partial charge < -0.3 is 4.90 Å². The molecule has 0 aliphatic carbocycles. The van der Waals surface area contributed by atoms with E-state index in [-0.39, 0.29) is 0 Å². The molecule has 0 saturated heterocycles. The number of hydrogen-bond acceptors (Lipinski definition) is 1. The number of rotatable bonds is 5. The first-order valence-electron chi connectivity index (χ1n) is 6.20. The van der Waals surface area contributed by atoms with Gasteiger partial charge in [-0.25, -0.2) is 0 Å². The Bertz CT molecular complexity index is 464. The predicted molar refractivity (Wildman–Crippen MR) is 81.4 cm³/mol. The maximum Gasteiger partial charge on any atom is 0.0461 e. The van der Waals surface area contributed by atoms with Gasteiger partial charge >= 0.3 is 0 Å². The number of hydrogen-bond donors (Lipinski definition) is 0. The van der Waals surface area contributed by atoms with Gasteiger partial charge in [0, 0.05) is 17.1 Å². The lowest BCUT2D eigenvalue weighted by Gasteiger charge is -2.26. The lowest BCUT2D eigenvalue weighted by Crippen LogP contribution is -2.18. The highest BCUT2D eigenvalue weighted by atomic mass is 15.1. The Balaban J connectivity index is 3.22. The van der Waals surface area contributed by atoms with E-state index in [1.54, 1.807) is 0 Å². The minimum atomic E-state index is 0.954. The predicted octanol–water partition coefficient (Wildman–Crippen LogP) is 5.06. The van der Waals surface area contributed by atoms with Crippen LogP contribution in [0.15, 0.2) is 78.7 Å². The number of benzene rings is 1. The van der Waals surface area contributed by atoms with Crippen molar-refractivity contribution in [1.29, 1.82) is 0 Å². The topological polar surface area (TPSA) is 3.24 Å². The summed E-state index contributed by atoms with van der Waals surface area (Å²) < 4.78 is 0. The van der Waals surface area contributed by atoms with Crippen LogP contribution in [0.4, 0.5) is 5.69 Å². The van der Waals surface area contributed by atoms with Crippen LogP contribution in [-0.4, -0.2) is 0 Å². The van der Waals surface area contributed by atoms with Crippen LogP contribution >= 0.6 is 0 Å². The second-order valence-electron chi connectivity index (χ2n) is 3.88. The van der Waals surface area contributed by atoms with E-state index in [0.29, 0.717) is 0 Å². The van der Waals surface area contributed by atoms with Crippen molar-refractivity contribution in [1.82, 2.24) is 0 Å². The average molecular weight is 239 g/mol. The van der Waals surface area contributed by atoms with E-state index in [2.05, 4.69) is 35.8 Å². The van der Waals surface area contributed by atoms with Gasteiger partial charge in [0.1, 0.15) is 0 Å². The summed E-state index contributed by atoms with van der Waals surface area (Å²) in [5.74, 6) is 0. The fourth-order valence-electron chi connectivity index (χ4n) is 1.80. The maximum atomic E-state index is 4.14. The van der Waals surface area contributed by atoms with E-state index >= 15 is 0 Å². The molecule has 1 aromatic carbocycles. The van der Waals surface area contributed by atoms with E-state index in [4.69, 9.17) is 0 Å². The molecule has 0 aliphatic rings. The third kappa shape index (κ3) is 3.49. The molecule has 1 nitrogen and oxygen atoms in total. The standard InChI is InChI=1S/C17H21N/c1-5-11-15(4)18(16(7-3)12-6-2)17-13-9-8-10-14-17/h5-14H,4H2,1-3H3. The summed E-state index contributed by atoms with van der Waals surface area (Å²) in [5, 5.41) is 0. The zero-order chi connectivity index (χ0) is 13.4. The fourth-order valence-corrected chi connectivity index (χ4v) is 1.80. The van der Waals surface area contributed by atoms with Gasteiger partial charge in [0.05, 0.1) is 0 Å². The number of para-hydroxylation sites is 1. The molecule has 0 bridgehead atoms. The molecule has 0 unspecified atom stereocenters. The van der Waals surface area contributed by atoms with Crippen LogP contribution in [0.2, 0.25) is 0 Å². The molecule has 0 heterocycles. The molecule has 0 spiro atoms. The van der Waals surface area contributed by atoms with Gasteiger partial charge in [-0.2, -0.15) is 0 Å². The molecular formula is C17H21N. The number of anilines is 1. The van der Waals surface area contributed by atoms with Crippen LogP contribution in [0.5, 0.6) is 0 Å². The third-order valence-corrected chi connectivity index (χ3v) is 2.55. The van der Waals surface area contributed by atoms with Crippen LogP contribution in [0.1, 0.15) is 20.8 Å². The molecule has 1 aromatic rings. The average Bonchev–Trinajstić information content (AvgIpc) is 2.39. The first-order chi connectivity index (χ1) is 8.74. The molecule has 0 radical (unpaired) electrons. The van der Waals surface area contributed by atoms with Crippen LogP contribution in [0, 0.1) is 0 Å². The van der Waals surface area contributed by atoms with E-state index in [0.717, 1.165) is 17.1 Å². The minimum absolute atomic E-state index is 0.954. The Morgan fingerprint density at radius 2 is 1.61 bits per heavy atom. The zero-order valence-electron chi connectivity index (χ0n) is 11.4. The summed E-state index contributed by atoms with van der Waals surface area (Å²) in [4.78, 5) is 2.14. The Kier molecular flexibility index (Phi) is 5.72. The van der Waals surface area contributed by atoms with Gasteiger partial charge in [0.15, 0.2) is 0 Å². The van der Waals surface area contributed by atoms with E-state index in [9.17, 15) is 0 Å². The molecule has 0 N–H and O–H groups in total. The lowest BCUT2D eigenvalue weighted by atomic mass is 10.2. The maximum absolute atomic E-state index is 4.14. The van der Waals surface area contributed by atoms with Gasteiger partial charge in [-0.05, 0) is 45.1 Å². The minimum Gasteiger partial charge on any atom is -0.311 e. The highest BCUT2D eigenvalue weighted by Gasteiger charge is 2.10. The van der Waals surface area contributed by atoms with Crippen molar-refractivity contribution in [2.75, 3.05) is 4.90 Å². The van der Waals surface area contributed by atoms with Crippen molar-refractivity contribution in [3.8, 4) is 0 Å². The van der Waals surface area contributed by atoms with E-state index < -0.39 is 0 Å². The monoisotopic (exact) mass is 239 g/mol. The van der Waals surface area contributed by atoms with E-state index in [1.165, 1.54) is 0 Å². The summed E-state index contributed by atoms with van der Waals surface area (Å²) in [6, 6.07) is 10.3. The SMILES string of the molecule is C=C(C=CC)N(C(C=CC)=CC)c1ccccc1. The Labute approximate surface area is 110 Å². The Hall–Kier alpha value is -2.02. The second-order valence-corrected chi connectivity index (χ2v) is 3.88. The summed E-state index contributed by atoms with van der Waals surface area (Å²) in [6.07, 6.45) is 10.2. The van der Waals surface area contributed by atoms with Crippen molar-refractivity contribution in [2.45, 2.75) is 20.8 Å². The molecule has 0 amide bonds. The fraction of sp³-hybridized carbons (Fsp3) is 0.176. The summed E-state index contributed by atoms with van der Waals surface area (Å²) in [5.41, 5.74) is 3.19. The number of allylic oxidation sites excluding steroid dienone is 5. The molecule has 1 heteroatoms. The van der Waals surface area contributed by atoms with Crippen molar-refractivity contribution < 1.29 is 0 Å². The highest BCUT2D eigenvalue weighted by molar-refractivity contribution is 5.61. The Morgan fingerprint density at radius 1 is 1.00 bits per heavy atom. The summed E-state index contributed by atoms with van der Waals surface area (Å²) in [6.45, 7) is 10.2. The van der Waals surface area contributed by atoms with Gasteiger partial charge in [-0.15, -0.1) is 0 Å². The normalized spacial score (nSPS) is 12.3. The van der Waals surface area contributed by atoms with Crippen molar-refractivity contribution in [3.05, 3.63) is 78.7 Å². The zero-order valence-corrected chi connectivity index (χ0v) is 11.4. The van der Waals surface area contributed by atoms with E-state index in [1.807, 2.05) is 57.2 Å². The smallest absolute Gasteiger partial charge is 0.0461 e. The number of nitrogens with zero attached hydrogens (tertiary/aromatic N) is 1. The molecular weight excluding hydrogens is 218 g/mol. The first-order valence-corrected chi connectivity index (χ1v) is 6.20. The van der Waals surface area contributed by atoms with Crippen LogP contribution in [-0.2, 0) is 0 Å². The molecule has 0 fully saturated rings. The third-order valence-electron chi connectivity index (χ3n) is 2.55. The molecule has 18 heavy (non-hydrogen) atoms. The summed E-state index contributed by atoms with van der Waals surface area (Å²) in [7, 11) is 0. The van der Waals surface area contributed by atoms with Gasteiger partial charge in [-0.1, -0.05) is 43.0 Å². The van der Waals surface area contributed by atoms with Crippen LogP contribution in [0.25, 0.3) is 0 Å². The molecule has 0 saturated carbocycles. The molecule has 0 aliphatic heterocycles. The van der Waals surface area contributed by atoms with Gasteiger partial charge in [-0.3, -0.25) is 0 Å². The lowest BCUT2D eigenvalue weighted by molar-refractivity contribution is 1.14. The van der Waals surface area contributed by atoms with Crippen molar-refractivity contribution in [2.24, 2.45) is 0 Å². The molecule has 94 valence electrons. The molecule has 1 rings (SSSR count). The second kappa shape index (κ2) is 7.33. The molecule has 0 atom stereocenters. The van der Waals surface area contributed by atoms with Crippen molar-refractivity contribution in [3.63, 3.8) is 0 Å². The van der Waals surface area contributed by atoms with Gasteiger partial charge in [0.2, 0.25) is 0 Å². The Morgan fingerprint density at radius 3 is 2.11 bits per heavy atom. The van der Waals surface area contributed by atoms with Crippen LogP contribution < -0.4 is 4.90 Å². The quantitative estimate of drug-likeness (QED) is 0.649. The van der Waals surface area contributed by atoms with Crippen LogP contribution in [0.3, 0.4) is 0 Å². The first kappa shape index (κ1) is 14.0.